The van der Waals surface area contributed by atoms with E-state index in [9.17, 15) is 0 Å². The maximum atomic E-state index is 3.68. The van der Waals surface area contributed by atoms with Crippen molar-refractivity contribution < 1.29 is 0 Å². The third-order valence-corrected chi connectivity index (χ3v) is 1.17. The summed E-state index contributed by atoms with van der Waals surface area (Å²) in [4.78, 5) is 0. The molecule has 0 heterocycles. The fourth-order valence-electron chi connectivity index (χ4n) is 0.653. The van der Waals surface area contributed by atoms with Crippen molar-refractivity contribution in [2.24, 2.45) is 0 Å². The van der Waals surface area contributed by atoms with Crippen LogP contribution < -0.4 is 0 Å². The van der Waals surface area contributed by atoms with E-state index in [1.54, 1.807) is 0 Å². The molecule has 1 heteroatoms. The molecule has 0 rings (SSSR count). The normalized spacial score (nSPS) is 11.4. The van der Waals surface area contributed by atoms with Crippen LogP contribution in [0.25, 0.3) is 0 Å². The van der Waals surface area contributed by atoms with E-state index < -0.39 is 0 Å². The first-order chi connectivity index (χ1) is 3.85. The van der Waals surface area contributed by atoms with Gasteiger partial charge in [-0.1, -0.05) is 31.6 Å². The van der Waals surface area contributed by atoms with Gasteiger partial charge in [-0.05, 0) is 6.42 Å². The standard InChI is InChI=1S/C7H13B/c1-3-5-7(4-2)6-8/h4,6H,2-3,5,8H2,1H3/b7-6+. The van der Waals surface area contributed by atoms with Crippen LogP contribution in [0.2, 0.25) is 0 Å². The summed E-state index contributed by atoms with van der Waals surface area (Å²) < 4.78 is 0. The maximum absolute atomic E-state index is 3.68. The van der Waals surface area contributed by atoms with Gasteiger partial charge in [0.1, 0.15) is 7.85 Å². The molecule has 0 aliphatic heterocycles. The molecular formula is C7H13B. The number of rotatable bonds is 3. The van der Waals surface area contributed by atoms with Crippen LogP contribution >= 0.6 is 0 Å². The van der Waals surface area contributed by atoms with Gasteiger partial charge in [-0.15, -0.1) is 5.98 Å². The van der Waals surface area contributed by atoms with Gasteiger partial charge in [0.2, 0.25) is 0 Å². The molecule has 8 heavy (non-hydrogen) atoms. The Hall–Kier alpha value is -0.455. The Balaban J connectivity index is 3.54. The van der Waals surface area contributed by atoms with Crippen molar-refractivity contribution in [2.45, 2.75) is 19.8 Å². The minimum absolute atomic E-state index is 1.17. The molecule has 0 saturated heterocycles. The van der Waals surface area contributed by atoms with Gasteiger partial charge in [-0.2, -0.15) is 0 Å². The highest BCUT2D eigenvalue weighted by Crippen LogP contribution is 2.02. The molecule has 0 aliphatic rings. The van der Waals surface area contributed by atoms with E-state index in [2.05, 4.69) is 19.5 Å². The van der Waals surface area contributed by atoms with Crippen LogP contribution in [-0.4, -0.2) is 7.85 Å². The minimum Gasteiger partial charge on any atom is -0.121 e. The highest BCUT2D eigenvalue weighted by Gasteiger charge is 1.83. The van der Waals surface area contributed by atoms with Crippen LogP contribution in [0.15, 0.2) is 24.2 Å². The van der Waals surface area contributed by atoms with Crippen molar-refractivity contribution in [3.63, 3.8) is 0 Å². The molecule has 0 radical (unpaired) electrons. The van der Waals surface area contributed by atoms with E-state index in [1.807, 2.05) is 13.9 Å². The molecule has 0 bridgehead atoms. The van der Waals surface area contributed by atoms with E-state index in [-0.39, 0.29) is 0 Å². The molecule has 0 fully saturated rings. The Bertz CT molecular complexity index is 92.6. The van der Waals surface area contributed by atoms with Crippen molar-refractivity contribution in [1.29, 1.82) is 0 Å². The van der Waals surface area contributed by atoms with E-state index in [4.69, 9.17) is 0 Å². The molecule has 0 spiro atoms. The molecule has 0 N–H and O–H groups in total. The second-order valence-corrected chi connectivity index (χ2v) is 1.82. The molecule has 0 aliphatic carbocycles. The predicted molar refractivity (Wildman–Crippen MR) is 41.7 cm³/mol. The third kappa shape index (κ3) is 2.67. The number of allylic oxidation sites excluding steroid dienone is 2. The van der Waals surface area contributed by atoms with Crippen molar-refractivity contribution in [3.8, 4) is 0 Å². The fourth-order valence-corrected chi connectivity index (χ4v) is 0.653. The third-order valence-electron chi connectivity index (χ3n) is 1.17. The van der Waals surface area contributed by atoms with Gasteiger partial charge in [0, 0.05) is 0 Å². The van der Waals surface area contributed by atoms with Gasteiger partial charge in [-0.3, -0.25) is 0 Å². The summed E-state index contributed by atoms with van der Waals surface area (Å²) >= 11 is 0. The van der Waals surface area contributed by atoms with Gasteiger partial charge in [0.25, 0.3) is 0 Å². The van der Waals surface area contributed by atoms with Crippen molar-refractivity contribution >= 4 is 7.85 Å². The van der Waals surface area contributed by atoms with E-state index in [1.165, 1.54) is 18.4 Å². The van der Waals surface area contributed by atoms with Gasteiger partial charge in [0.15, 0.2) is 0 Å². The Morgan fingerprint density at radius 2 is 2.38 bits per heavy atom. The van der Waals surface area contributed by atoms with Crippen molar-refractivity contribution in [1.82, 2.24) is 0 Å². The summed E-state index contributed by atoms with van der Waals surface area (Å²) in [5.41, 5.74) is 1.35. The van der Waals surface area contributed by atoms with Crippen LogP contribution in [0.1, 0.15) is 19.8 Å². The summed E-state index contributed by atoms with van der Waals surface area (Å²) in [6.45, 7) is 5.86. The summed E-state index contributed by atoms with van der Waals surface area (Å²) in [6.07, 6.45) is 4.30. The van der Waals surface area contributed by atoms with Crippen LogP contribution in [0.5, 0.6) is 0 Å². The lowest BCUT2D eigenvalue weighted by molar-refractivity contribution is 0.929. The Morgan fingerprint density at radius 3 is 2.50 bits per heavy atom. The molecule has 0 nitrogen and oxygen atoms in total. The second-order valence-electron chi connectivity index (χ2n) is 1.82. The Morgan fingerprint density at radius 1 is 1.75 bits per heavy atom. The smallest absolute Gasteiger partial charge is 0.121 e. The first-order valence-electron chi connectivity index (χ1n) is 3.12. The summed E-state index contributed by atoms with van der Waals surface area (Å²) in [7, 11) is 2.05. The van der Waals surface area contributed by atoms with Crippen molar-refractivity contribution in [3.05, 3.63) is 24.2 Å². The molecule has 0 amide bonds. The first-order valence-corrected chi connectivity index (χ1v) is 3.12. The van der Waals surface area contributed by atoms with Gasteiger partial charge < -0.3 is 0 Å². The zero-order valence-electron chi connectivity index (χ0n) is 5.78. The lowest BCUT2D eigenvalue weighted by Gasteiger charge is -1.93. The first kappa shape index (κ1) is 7.54. The average Bonchev–Trinajstić information content (AvgIpc) is 1.83. The van der Waals surface area contributed by atoms with E-state index in [0.717, 1.165) is 0 Å². The predicted octanol–water partition coefficient (Wildman–Crippen LogP) is 1.49. The monoisotopic (exact) mass is 108 g/mol. The van der Waals surface area contributed by atoms with Crippen LogP contribution in [-0.2, 0) is 0 Å². The minimum atomic E-state index is 1.17. The largest absolute Gasteiger partial charge is 0.129 e. The van der Waals surface area contributed by atoms with Crippen LogP contribution in [0.3, 0.4) is 0 Å². The SMILES string of the molecule is B/C=C(\C=C)CCC. The fraction of sp³-hybridized carbons (Fsp3) is 0.429. The Labute approximate surface area is 52.7 Å². The zero-order valence-corrected chi connectivity index (χ0v) is 5.78. The van der Waals surface area contributed by atoms with Crippen LogP contribution in [0, 0.1) is 0 Å². The number of hydrogen-bond donors (Lipinski definition) is 0. The highest BCUT2D eigenvalue weighted by molar-refractivity contribution is 6.17. The Kier molecular flexibility index (Phi) is 4.43. The molecule has 0 saturated carbocycles. The second kappa shape index (κ2) is 4.70. The quantitative estimate of drug-likeness (QED) is 0.379. The van der Waals surface area contributed by atoms with Gasteiger partial charge in [0.05, 0.1) is 0 Å². The van der Waals surface area contributed by atoms with Crippen molar-refractivity contribution in [2.75, 3.05) is 0 Å². The molecule has 0 atom stereocenters. The van der Waals surface area contributed by atoms with Crippen LogP contribution in [0.4, 0.5) is 0 Å². The highest BCUT2D eigenvalue weighted by atomic mass is 13.9. The van der Waals surface area contributed by atoms with Gasteiger partial charge >= 0.3 is 0 Å². The number of hydrogen-bond acceptors (Lipinski definition) is 0. The van der Waals surface area contributed by atoms with Gasteiger partial charge in [-0.25, -0.2) is 0 Å². The summed E-state index contributed by atoms with van der Waals surface area (Å²) in [6, 6.07) is 0. The molecule has 0 aromatic heterocycles. The molecule has 0 unspecified atom stereocenters. The topological polar surface area (TPSA) is 0 Å². The molecule has 0 aromatic rings. The average molecular weight is 108 g/mol. The lowest BCUT2D eigenvalue weighted by Crippen LogP contribution is -1.75. The van der Waals surface area contributed by atoms with E-state index in [0.29, 0.717) is 0 Å². The molecular weight excluding hydrogens is 94.9 g/mol. The molecule has 0 aromatic carbocycles. The maximum Gasteiger partial charge on any atom is 0.129 e. The summed E-state index contributed by atoms with van der Waals surface area (Å²) in [5, 5.41) is 0. The van der Waals surface area contributed by atoms with E-state index >= 15 is 0 Å². The summed E-state index contributed by atoms with van der Waals surface area (Å²) in [5.74, 6) is 2.11. The zero-order chi connectivity index (χ0) is 6.41. The lowest BCUT2D eigenvalue weighted by atomic mass is 10.0. The molecule has 44 valence electrons.